The highest BCUT2D eigenvalue weighted by Crippen LogP contribution is 2.36. The van der Waals surface area contributed by atoms with Crippen molar-refractivity contribution in [1.29, 1.82) is 0 Å². The van der Waals surface area contributed by atoms with Crippen LogP contribution < -0.4 is 10.1 Å². The molecule has 0 amide bonds. The number of ether oxygens (including phenoxy) is 1. The topological polar surface area (TPSA) is 47.0 Å². The molecule has 0 saturated heterocycles. The molecule has 2 rings (SSSR count). The Morgan fingerprint density at radius 1 is 1.20 bits per heavy atom. The number of aromatic nitrogens is 2. The van der Waals surface area contributed by atoms with Crippen molar-refractivity contribution in [2.24, 2.45) is 0 Å². The van der Waals surface area contributed by atoms with Gasteiger partial charge in [-0.2, -0.15) is 0 Å². The minimum absolute atomic E-state index is 0.201. The summed E-state index contributed by atoms with van der Waals surface area (Å²) in [5, 5.41) is 4.07. The van der Waals surface area contributed by atoms with Crippen LogP contribution in [0.25, 0.3) is 0 Å². The van der Waals surface area contributed by atoms with Crippen LogP contribution in [-0.4, -0.2) is 17.0 Å². The van der Waals surface area contributed by atoms with E-state index >= 15 is 0 Å². The van der Waals surface area contributed by atoms with Gasteiger partial charge in [-0.3, -0.25) is 0 Å². The van der Waals surface area contributed by atoms with Crippen LogP contribution in [0.2, 0.25) is 10.0 Å². The fourth-order valence-electron chi connectivity index (χ4n) is 1.84. The lowest BCUT2D eigenvalue weighted by Crippen LogP contribution is -2.04. The van der Waals surface area contributed by atoms with Gasteiger partial charge in [-0.25, -0.2) is 9.97 Å². The molecule has 1 aromatic carbocycles. The first-order valence-electron chi connectivity index (χ1n) is 6.18. The third-order valence-electron chi connectivity index (χ3n) is 2.76. The second-order valence-electron chi connectivity index (χ2n) is 4.52. The van der Waals surface area contributed by atoms with Crippen molar-refractivity contribution in [3.8, 4) is 11.6 Å². The van der Waals surface area contributed by atoms with Gasteiger partial charge in [-0.15, -0.1) is 0 Å². The fraction of sp³-hybridized carbons (Fsp3) is 0.286. The molecule has 0 radical (unpaired) electrons. The first-order valence-corrected chi connectivity index (χ1v) is 6.94. The van der Waals surface area contributed by atoms with Crippen molar-refractivity contribution in [2.45, 2.75) is 19.8 Å². The maximum absolute atomic E-state index is 6.11. The average Bonchev–Trinajstić information content (AvgIpc) is 2.42. The van der Waals surface area contributed by atoms with Gasteiger partial charge in [0.15, 0.2) is 0 Å². The van der Waals surface area contributed by atoms with Crippen molar-refractivity contribution in [1.82, 2.24) is 9.97 Å². The van der Waals surface area contributed by atoms with Crippen LogP contribution in [0.1, 0.15) is 25.3 Å². The van der Waals surface area contributed by atoms with Gasteiger partial charge in [-0.1, -0.05) is 37.0 Å². The molecule has 0 atom stereocenters. The molecule has 0 saturated carbocycles. The Kier molecular flexibility index (Phi) is 4.68. The predicted octanol–water partition coefficient (Wildman–Crippen LogP) is 4.74. The number of hydrogen-bond acceptors (Lipinski definition) is 4. The first-order chi connectivity index (χ1) is 9.52. The molecular formula is C14H15Cl2N3O. The van der Waals surface area contributed by atoms with Gasteiger partial charge in [0.05, 0.1) is 10.6 Å². The van der Waals surface area contributed by atoms with E-state index in [1.807, 2.05) is 20.9 Å². The van der Waals surface area contributed by atoms with Crippen molar-refractivity contribution in [3.63, 3.8) is 0 Å². The van der Waals surface area contributed by atoms with Crippen LogP contribution >= 0.6 is 23.2 Å². The summed E-state index contributed by atoms with van der Waals surface area (Å²) in [6, 6.07) is 5.06. The number of nitrogens with zero attached hydrogens (tertiary/aromatic N) is 2. The molecule has 1 aromatic heterocycles. The molecule has 0 aliphatic heterocycles. The third-order valence-corrected chi connectivity index (χ3v) is 3.31. The summed E-state index contributed by atoms with van der Waals surface area (Å²) in [5.41, 5.74) is 0.894. The first kappa shape index (κ1) is 14.9. The fourth-order valence-corrected chi connectivity index (χ4v) is 2.16. The Balaban J connectivity index is 2.45. The van der Waals surface area contributed by atoms with Crippen LogP contribution in [0, 0.1) is 0 Å². The Bertz CT molecular complexity index is 617. The maximum atomic E-state index is 6.11. The third kappa shape index (κ3) is 3.14. The van der Waals surface area contributed by atoms with Crippen molar-refractivity contribution in [2.75, 3.05) is 12.4 Å². The lowest BCUT2D eigenvalue weighted by molar-refractivity contribution is 0.452. The van der Waals surface area contributed by atoms with E-state index in [4.69, 9.17) is 27.9 Å². The molecule has 0 bridgehead atoms. The van der Waals surface area contributed by atoms with E-state index in [0.29, 0.717) is 21.7 Å². The molecule has 4 nitrogen and oxygen atoms in total. The van der Waals surface area contributed by atoms with E-state index in [1.54, 1.807) is 18.2 Å². The van der Waals surface area contributed by atoms with E-state index in [9.17, 15) is 0 Å². The minimum Gasteiger partial charge on any atom is -0.437 e. The normalized spacial score (nSPS) is 10.7. The van der Waals surface area contributed by atoms with Crippen LogP contribution in [0.4, 0.5) is 5.82 Å². The molecule has 20 heavy (non-hydrogen) atoms. The second kappa shape index (κ2) is 6.29. The van der Waals surface area contributed by atoms with E-state index in [0.717, 1.165) is 11.4 Å². The summed E-state index contributed by atoms with van der Waals surface area (Å²) in [4.78, 5) is 8.40. The summed E-state index contributed by atoms with van der Waals surface area (Å²) in [5.74, 6) is 1.89. The molecule has 2 aromatic rings. The summed E-state index contributed by atoms with van der Waals surface area (Å²) in [6.07, 6.45) is 1.45. The number of hydrogen-bond donors (Lipinski definition) is 1. The molecule has 0 unspecified atom stereocenters. The molecule has 0 fully saturated rings. The molecule has 6 heteroatoms. The summed E-state index contributed by atoms with van der Waals surface area (Å²) >= 11 is 12.1. The molecule has 1 heterocycles. The lowest BCUT2D eigenvalue weighted by Gasteiger charge is -2.16. The number of benzene rings is 1. The van der Waals surface area contributed by atoms with Gasteiger partial charge >= 0.3 is 0 Å². The van der Waals surface area contributed by atoms with Crippen molar-refractivity contribution < 1.29 is 4.74 Å². The van der Waals surface area contributed by atoms with Crippen LogP contribution in [-0.2, 0) is 0 Å². The number of rotatable bonds is 4. The second-order valence-corrected chi connectivity index (χ2v) is 5.37. The average molecular weight is 312 g/mol. The predicted molar refractivity (Wildman–Crippen MR) is 82.2 cm³/mol. The Morgan fingerprint density at radius 3 is 2.60 bits per heavy atom. The van der Waals surface area contributed by atoms with Gasteiger partial charge in [0.1, 0.15) is 17.9 Å². The van der Waals surface area contributed by atoms with E-state index in [-0.39, 0.29) is 5.92 Å². The zero-order valence-electron chi connectivity index (χ0n) is 11.4. The zero-order chi connectivity index (χ0) is 14.7. The van der Waals surface area contributed by atoms with Crippen LogP contribution in [0.15, 0.2) is 24.5 Å². The molecule has 0 spiro atoms. The Hall–Kier alpha value is -1.52. The van der Waals surface area contributed by atoms with Gasteiger partial charge in [0.25, 0.3) is 0 Å². The van der Waals surface area contributed by atoms with Gasteiger partial charge in [0.2, 0.25) is 5.88 Å². The van der Waals surface area contributed by atoms with Gasteiger partial charge in [0, 0.05) is 18.1 Å². The number of halogens is 2. The molecule has 106 valence electrons. The smallest absolute Gasteiger partial charge is 0.227 e. The van der Waals surface area contributed by atoms with Crippen molar-refractivity contribution >= 4 is 29.0 Å². The van der Waals surface area contributed by atoms with E-state index in [2.05, 4.69) is 15.3 Å². The summed E-state index contributed by atoms with van der Waals surface area (Å²) in [6.45, 7) is 4.10. The largest absolute Gasteiger partial charge is 0.437 e. The van der Waals surface area contributed by atoms with Crippen LogP contribution in [0.5, 0.6) is 11.6 Å². The molecular weight excluding hydrogens is 297 g/mol. The highest BCUT2D eigenvalue weighted by atomic mass is 35.5. The Labute approximate surface area is 128 Å². The van der Waals surface area contributed by atoms with E-state index < -0.39 is 0 Å². The van der Waals surface area contributed by atoms with Crippen molar-refractivity contribution in [3.05, 3.63) is 40.1 Å². The lowest BCUT2D eigenvalue weighted by atomic mass is 10.1. The quantitative estimate of drug-likeness (QED) is 0.885. The van der Waals surface area contributed by atoms with Gasteiger partial charge < -0.3 is 10.1 Å². The SMILES string of the molecule is CNc1ncnc(Oc2cc(Cl)ccc2Cl)c1C(C)C. The number of nitrogens with one attached hydrogen (secondary N) is 1. The summed E-state index contributed by atoms with van der Waals surface area (Å²) < 4.78 is 5.82. The highest BCUT2D eigenvalue weighted by molar-refractivity contribution is 6.34. The van der Waals surface area contributed by atoms with Gasteiger partial charge in [-0.05, 0) is 18.1 Å². The van der Waals surface area contributed by atoms with E-state index in [1.165, 1.54) is 6.33 Å². The zero-order valence-corrected chi connectivity index (χ0v) is 13.0. The Morgan fingerprint density at radius 2 is 1.95 bits per heavy atom. The maximum Gasteiger partial charge on any atom is 0.227 e. The summed E-state index contributed by atoms with van der Waals surface area (Å²) in [7, 11) is 1.81. The highest BCUT2D eigenvalue weighted by Gasteiger charge is 2.17. The number of anilines is 1. The molecule has 0 aliphatic carbocycles. The van der Waals surface area contributed by atoms with Crippen LogP contribution in [0.3, 0.4) is 0 Å². The minimum atomic E-state index is 0.201. The monoisotopic (exact) mass is 311 g/mol. The molecule has 0 aliphatic rings. The standard InChI is InChI=1S/C14H15Cl2N3O/c1-8(2)12-13(17-3)18-7-19-14(12)20-11-6-9(15)4-5-10(11)16/h4-8H,1-3H3,(H,17,18,19). The molecule has 1 N–H and O–H groups in total.